The number of benzene rings is 1. The summed E-state index contributed by atoms with van der Waals surface area (Å²) in [7, 11) is 0. The van der Waals surface area contributed by atoms with Gasteiger partial charge in [-0.25, -0.2) is 0 Å². The molecule has 5 heteroatoms. The van der Waals surface area contributed by atoms with Gasteiger partial charge in [0.1, 0.15) is 0 Å². The lowest BCUT2D eigenvalue weighted by Gasteiger charge is -2.35. The van der Waals surface area contributed by atoms with Gasteiger partial charge in [0.25, 0.3) is 0 Å². The van der Waals surface area contributed by atoms with Gasteiger partial charge in [-0.2, -0.15) is 4.57 Å². The van der Waals surface area contributed by atoms with Gasteiger partial charge >= 0.3 is 0 Å². The Morgan fingerprint density at radius 3 is 2.18 bits per heavy atom. The highest BCUT2D eigenvalue weighted by Gasteiger charge is 2.21. The molecule has 0 bridgehead atoms. The van der Waals surface area contributed by atoms with Gasteiger partial charge in [0, 0.05) is 39.9 Å². The Labute approximate surface area is 244 Å². The fraction of sp³-hybridized carbons (Fsp3) is 0.441. The Kier molecular flexibility index (Phi) is 10.8. The number of hydrogen-bond donors (Lipinski definition) is 0. The van der Waals surface area contributed by atoms with Gasteiger partial charge in [-0.15, -0.1) is 22.7 Å². The van der Waals surface area contributed by atoms with Crippen molar-refractivity contribution in [3.05, 3.63) is 71.2 Å². The number of anilines is 1. The van der Waals surface area contributed by atoms with E-state index in [2.05, 4.69) is 117 Å². The number of para-hydroxylation sites is 1. The van der Waals surface area contributed by atoms with Crippen molar-refractivity contribution in [3.8, 4) is 9.75 Å². The molecule has 3 aromatic heterocycles. The molecule has 0 N–H and O–H groups in total. The van der Waals surface area contributed by atoms with Gasteiger partial charge in [-0.1, -0.05) is 32.1 Å². The fourth-order valence-electron chi connectivity index (χ4n) is 5.62. The van der Waals surface area contributed by atoms with Crippen molar-refractivity contribution < 1.29 is 9.05 Å². The quantitative estimate of drug-likeness (QED) is 0.104. The van der Waals surface area contributed by atoms with E-state index in [-0.39, 0.29) is 0 Å². The average Bonchev–Trinajstić information content (AvgIpc) is 3.65. The molecule has 0 unspecified atom stereocenters. The molecule has 0 amide bonds. The molecule has 0 aliphatic heterocycles. The molecule has 208 valence electrons. The van der Waals surface area contributed by atoms with Gasteiger partial charge in [-0.05, 0) is 75.6 Å². The number of aromatic nitrogens is 1. The number of thiophene rings is 2. The Hall–Kier alpha value is -2.47. The molecule has 4 aromatic rings. The summed E-state index contributed by atoms with van der Waals surface area (Å²) in [5.74, 6) is 0. The van der Waals surface area contributed by atoms with Crippen LogP contribution >= 0.6 is 22.7 Å². The van der Waals surface area contributed by atoms with Gasteiger partial charge in [0.2, 0.25) is 5.52 Å². The van der Waals surface area contributed by atoms with Crippen LogP contribution in [0.25, 0.3) is 32.8 Å². The van der Waals surface area contributed by atoms with Crippen LogP contribution in [0, 0.1) is 0 Å². The third-order valence-corrected chi connectivity index (χ3v) is 10.6. The van der Waals surface area contributed by atoms with E-state index >= 15 is 0 Å². The minimum Gasteiger partial charge on any atom is -0.363 e. The summed E-state index contributed by atoms with van der Waals surface area (Å²) in [5, 5.41) is 2.72. The van der Waals surface area contributed by atoms with Crippen LogP contribution in [-0.4, -0.2) is 43.8 Å². The van der Waals surface area contributed by atoms with E-state index in [9.17, 15) is 0 Å². The molecule has 3 nitrogen and oxygen atoms in total. The SMILES string of the molecule is CCCN(CCC)c1ccc(-c2ccc(/C=C/c3cc[n+](CCC[N+](CC)(CC)CC)c4ccccc34)s2)s1. The second-order valence-electron chi connectivity index (χ2n) is 10.5. The maximum absolute atomic E-state index is 2.53. The number of quaternary nitrogens is 1. The average molecular weight is 562 g/mol. The van der Waals surface area contributed by atoms with E-state index in [0.717, 1.165) is 19.6 Å². The van der Waals surface area contributed by atoms with Crippen LogP contribution < -0.4 is 9.47 Å². The van der Waals surface area contributed by atoms with Crippen LogP contribution in [0.2, 0.25) is 0 Å². The zero-order valence-corrected chi connectivity index (χ0v) is 26.3. The summed E-state index contributed by atoms with van der Waals surface area (Å²) in [6, 6.07) is 20.3. The normalized spacial score (nSPS) is 12.1. The minimum absolute atomic E-state index is 1.07. The molecule has 0 aliphatic rings. The molecule has 0 radical (unpaired) electrons. The van der Waals surface area contributed by atoms with Crippen molar-refractivity contribution in [1.82, 2.24) is 0 Å². The van der Waals surface area contributed by atoms with Crippen LogP contribution in [-0.2, 0) is 6.54 Å². The first-order valence-corrected chi connectivity index (χ1v) is 16.6. The molecule has 0 saturated carbocycles. The third kappa shape index (κ3) is 7.19. The Balaban J connectivity index is 1.49. The predicted molar refractivity (Wildman–Crippen MR) is 175 cm³/mol. The maximum Gasteiger partial charge on any atom is 0.213 e. The molecular formula is C34H47N3S2+2. The minimum atomic E-state index is 1.07. The second kappa shape index (κ2) is 14.2. The summed E-state index contributed by atoms with van der Waals surface area (Å²) < 4.78 is 3.66. The molecule has 4 rings (SSSR count). The van der Waals surface area contributed by atoms with Crippen LogP contribution in [0.3, 0.4) is 0 Å². The van der Waals surface area contributed by atoms with Crippen molar-refractivity contribution in [2.75, 3.05) is 44.2 Å². The zero-order chi connectivity index (χ0) is 27.7. The topological polar surface area (TPSA) is 7.12 Å². The van der Waals surface area contributed by atoms with Gasteiger partial charge in [-0.3, -0.25) is 0 Å². The summed E-state index contributed by atoms with van der Waals surface area (Å²) >= 11 is 3.81. The number of hydrogen-bond acceptors (Lipinski definition) is 3. The van der Waals surface area contributed by atoms with Crippen LogP contribution in [0.15, 0.2) is 60.8 Å². The first-order chi connectivity index (χ1) is 19.1. The van der Waals surface area contributed by atoms with Crippen molar-refractivity contribution in [3.63, 3.8) is 0 Å². The molecule has 39 heavy (non-hydrogen) atoms. The van der Waals surface area contributed by atoms with Crippen molar-refractivity contribution in [1.29, 1.82) is 0 Å². The van der Waals surface area contributed by atoms with E-state index in [1.54, 1.807) is 0 Å². The lowest BCUT2D eigenvalue weighted by Crippen LogP contribution is -2.49. The molecule has 0 fully saturated rings. The highest BCUT2D eigenvalue weighted by atomic mass is 32.1. The van der Waals surface area contributed by atoms with Crippen molar-refractivity contribution in [2.24, 2.45) is 0 Å². The first-order valence-electron chi connectivity index (χ1n) is 15.0. The number of aryl methyl sites for hydroxylation is 1. The van der Waals surface area contributed by atoms with Crippen LogP contribution in [0.5, 0.6) is 0 Å². The molecule has 0 saturated heterocycles. The second-order valence-corrected chi connectivity index (χ2v) is 12.7. The number of rotatable bonds is 15. The fourth-order valence-corrected chi connectivity index (χ4v) is 7.68. The highest BCUT2D eigenvalue weighted by molar-refractivity contribution is 7.24. The van der Waals surface area contributed by atoms with Crippen LogP contribution in [0.4, 0.5) is 5.00 Å². The van der Waals surface area contributed by atoms with Crippen molar-refractivity contribution in [2.45, 2.75) is 60.4 Å². The van der Waals surface area contributed by atoms with Crippen molar-refractivity contribution >= 4 is 50.7 Å². The number of pyridine rings is 1. The van der Waals surface area contributed by atoms with E-state index in [4.69, 9.17) is 0 Å². The molecule has 0 aliphatic carbocycles. The number of fused-ring (bicyclic) bond motifs is 1. The summed E-state index contributed by atoms with van der Waals surface area (Å²) in [4.78, 5) is 6.56. The summed E-state index contributed by atoms with van der Waals surface area (Å²) in [6.45, 7) is 19.8. The van der Waals surface area contributed by atoms with Gasteiger partial charge < -0.3 is 9.38 Å². The van der Waals surface area contributed by atoms with E-state index in [1.165, 1.54) is 86.0 Å². The lowest BCUT2D eigenvalue weighted by atomic mass is 10.1. The molecular weight excluding hydrogens is 515 g/mol. The van der Waals surface area contributed by atoms with Gasteiger partial charge in [0.05, 0.1) is 43.0 Å². The maximum atomic E-state index is 2.53. The molecule has 3 heterocycles. The Bertz CT molecular complexity index is 1330. The monoisotopic (exact) mass is 561 g/mol. The Morgan fingerprint density at radius 1 is 0.769 bits per heavy atom. The first kappa shape index (κ1) is 29.5. The molecule has 0 atom stereocenters. The highest BCUT2D eigenvalue weighted by Crippen LogP contribution is 2.38. The number of nitrogens with zero attached hydrogens (tertiary/aromatic N) is 3. The standard InChI is InChI=1S/C34H47N3S2/c1-6-23-36(24-7-2)34-21-20-33(39-34)32-19-18-29(38-32)17-16-28-22-26-35(31-15-12-11-14-30(28)31)25-13-27-37(8-3,9-4)10-5/h11-12,14-22,26H,6-10,13,23-25,27H2,1-5H3/q+2. The molecule has 1 aromatic carbocycles. The van der Waals surface area contributed by atoms with E-state index in [0.29, 0.717) is 0 Å². The smallest absolute Gasteiger partial charge is 0.213 e. The Morgan fingerprint density at radius 2 is 1.46 bits per heavy atom. The third-order valence-electron chi connectivity index (χ3n) is 8.19. The zero-order valence-electron chi connectivity index (χ0n) is 24.7. The largest absolute Gasteiger partial charge is 0.363 e. The van der Waals surface area contributed by atoms with Crippen LogP contribution in [0.1, 0.15) is 64.3 Å². The van der Waals surface area contributed by atoms with E-state index < -0.39 is 0 Å². The van der Waals surface area contributed by atoms with E-state index in [1.807, 2.05) is 22.7 Å². The predicted octanol–water partition coefficient (Wildman–Crippen LogP) is 8.98. The van der Waals surface area contributed by atoms with Gasteiger partial charge in [0.15, 0.2) is 12.7 Å². The lowest BCUT2D eigenvalue weighted by molar-refractivity contribution is -0.925. The molecule has 0 spiro atoms. The summed E-state index contributed by atoms with van der Waals surface area (Å²) in [5.41, 5.74) is 2.61. The summed E-state index contributed by atoms with van der Waals surface area (Å²) in [6.07, 6.45) is 10.4.